The average Bonchev–Trinajstić information content (AvgIpc) is 2.70. The smallest absolute Gasteiger partial charge is 0.308 e. The zero-order chi connectivity index (χ0) is 19.5. The summed E-state index contributed by atoms with van der Waals surface area (Å²) in [7, 11) is 0. The predicted octanol–water partition coefficient (Wildman–Crippen LogP) is 3.23. The number of rotatable bonds is 5. The molecule has 28 heavy (non-hydrogen) atoms. The number of nitrogens with zero attached hydrogens (tertiary/aromatic N) is 1. The number of carbonyl (C=O) groups excluding carboxylic acids is 2. The number of hydrogen-bond donors (Lipinski definition) is 1. The number of fused-ring (bicyclic) bond motifs is 3. The fourth-order valence-electron chi connectivity index (χ4n) is 3.93. The molecule has 0 radical (unpaired) electrons. The van der Waals surface area contributed by atoms with Crippen LogP contribution in [-0.4, -0.2) is 42.5 Å². The Hall–Kier alpha value is -2.86. The molecule has 3 heterocycles. The van der Waals surface area contributed by atoms with Crippen LogP contribution < -0.4 is 14.8 Å². The quantitative estimate of drug-likeness (QED) is 0.637. The SMILES string of the molecule is CC(=O)Oc1ccc(Oc2ccc(C(=O)N[C@H]3CN4CCC3CC4)cc2)cc1. The second kappa shape index (κ2) is 8.02. The van der Waals surface area contributed by atoms with Gasteiger partial charge in [0.25, 0.3) is 5.91 Å². The lowest BCUT2D eigenvalue weighted by Gasteiger charge is -2.44. The van der Waals surface area contributed by atoms with Crippen LogP contribution in [0.5, 0.6) is 17.2 Å². The number of nitrogens with one attached hydrogen (secondary N) is 1. The highest BCUT2D eigenvalue weighted by molar-refractivity contribution is 5.94. The van der Waals surface area contributed by atoms with E-state index < -0.39 is 0 Å². The first kappa shape index (κ1) is 18.5. The van der Waals surface area contributed by atoms with Crippen molar-refractivity contribution in [1.82, 2.24) is 10.2 Å². The third kappa shape index (κ3) is 4.34. The van der Waals surface area contributed by atoms with E-state index in [2.05, 4.69) is 10.2 Å². The van der Waals surface area contributed by atoms with Gasteiger partial charge < -0.3 is 19.7 Å². The largest absolute Gasteiger partial charge is 0.457 e. The van der Waals surface area contributed by atoms with E-state index in [1.165, 1.54) is 19.8 Å². The topological polar surface area (TPSA) is 67.9 Å². The zero-order valence-electron chi connectivity index (χ0n) is 15.9. The summed E-state index contributed by atoms with van der Waals surface area (Å²) in [4.78, 5) is 25.9. The maximum atomic E-state index is 12.6. The molecule has 0 unspecified atom stereocenters. The number of carbonyl (C=O) groups is 2. The van der Waals surface area contributed by atoms with Gasteiger partial charge in [0.05, 0.1) is 0 Å². The van der Waals surface area contributed by atoms with Crippen LogP contribution in [0.4, 0.5) is 0 Å². The highest BCUT2D eigenvalue weighted by Gasteiger charge is 2.34. The first-order valence-corrected chi connectivity index (χ1v) is 9.66. The Morgan fingerprint density at radius 2 is 1.50 bits per heavy atom. The summed E-state index contributed by atoms with van der Waals surface area (Å²) in [6, 6.07) is 14.2. The standard InChI is InChI=1S/C22H24N2O4/c1-15(25)27-18-6-8-20(9-7-18)28-19-4-2-17(3-5-19)22(26)23-21-14-24-12-10-16(21)11-13-24/h2-9,16,21H,10-14H2,1H3,(H,23,26)/t21-/m0/s1. The monoisotopic (exact) mass is 380 g/mol. The van der Waals surface area contributed by atoms with Gasteiger partial charge in [-0.3, -0.25) is 9.59 Å². The van der Waals surface area contributed by atoms with E-state index in [0.717, 1.165) is 19.6 Å². The van der Waals surface area contributed by atoms with Gasteiger partial charge in [-0.05, 0) is 80.4 Å². The van der Waals surface area contributed by atoms with Crippen molar-refractivity contribution in [1.29, 1.82) is 0 Å². The van der Waals surface area contributed by atoms with Gasteiger partial charge in [-0.2, -0.15) is 0 Å². The summed E-state index contributed by atoms with van der Waals surface area (Å²) in [6.45, 7) is 4.63. The molecule has 0 saturated carbocycles. The summed E-state index contributed by atoms with van der Waals surface area (Å²) >= 11 is 0. The van der Waals surface area contributed by atoms with Crippen LogP contribution in [0.3, 0.4) is 0 Å². The molecule has 1 atom stereocenters. The minimum atomic E-state index is -0.360. The van der Waals surface area contributed by atoms with Crippen LogP contribution in [0.1, 0.15) is 30.1 Å². The maximum absolute atomic E-state index is 12.6. The Bertz CT molecular complexity index is 840. The van der Waals surface area contributed by atoms with Crippen molar-refractivity contribution in [3.05, 3.63) is 54.1 Å². The molecule has 2 aromatic carbocycles. The van der Waals surface area contributed by atoms with E-state index in [0.29, 0.717) is 28.7 Å². The second-order valence-electron chi connectivity index (χ2n) is 7.41. The van der Waals surface area contributed by atoms with Crippen molar-refractivity contribution < 1.29 is 19.1 Å². The van der Waals surface area contributed by atoms with Crippen molar-refractivity contribution >= 4 is 11.9 Å². The molecule has 3 aliphatic rings. The lowest BCUT2D eigenvalue weighted by Crippen LogP contribution is -2.57. The van der Waals surface area contributed by atoms with E-state index in [-0.39, 0.29) is 17.9 Å². The molecule has 0 aliphatic carbocycles. The Kier molecular flexibility index (Phi) is 5.30. The second-order valence-corrected chi connectivity index (χ2v) is 7.41. The number of hydrogen-bond acceptors (Lipinski definition) is 5. The van der Waals surface area contributed by atoms with Gasteiger partial charge in [-0.1, -0.05) is 0 Å². The minimum absolute atomic E-state index is 0.0314. The van der Waals surface area contributed by atoms with E-state index in [1.54, 1.807) is 48.5 Å². The molecule has 6 heteroatoms. The van der Waals surface area contributed by atoms with Crippen LogP contribution >= 0.6 is 0 Å². The molecule has 2 aromatic rings. The molecule has 3 saturated heterocycles. The maximum Gasteiger partial charge on any atom is 0.308 e. The van der Waals surface area contributed by atoms with Crippen LogP contribution in [0.15, 0.2) is 48.5 Å². The number of amides is 1. The van der Waals surface area contributed by atoms with Gasteiger partial charge >= 0.3 is 5.97 Å². The molecule has 5 rings (SSSR count). The van der Waals surface area contributed by atoms with E-state index >= 15 is 0 Å². The number of benzene rings is 2. The van der Waals surface area contributed by atoms with E-state index in [4.69, 9.17) is 9.47 Å². The molecule has 0 spiro atoms. The Balaban J connectivity index is 1.34. The fourth-order valence-corrected chi connectivity index (χ4v) is 3.93. The van der Waals surface area contributed by atoms with Gasteiger partial charge in [0.1, 0.15) is 17.2 Å². The predicted molar refractivity (Wildman–Crippen MR) is 105 cm³/mol. The lowest BCUT2D eigenvalue weighted by atomic mass is 9.84. The third-order valence-electron chi connectivity index (χ3n) is 5.41. The molecule has 6 nitrogen and oxygen atoms in total. The number of ether oxygens (including phenoxy) is 2. The summed E-state index contributed by atoms with van der Waals surface area (Å²) in [5, 5.41) is 3.19. The molecule has 1 amide bonds. The average molecular weight is 380 g/mol. The summed E-state index contributed by atoms with van der Waals surface area (Å²) < 4.78 is 10.8. The van der Waals surface area contributed by atoms with Crippen LogP contribution in [0.2, 0.25) is 0 Å². The number of piperidine rings is 3. The first-order valence-electron chi connectivity index (χ1n) is 9.66. The molecular weight excluding hydrogens is 356 g/mol. The minimum Gasteiger partial charge on any atom is -0.457 e. The Morgan fingerprint density at radius 1 is 0.929 bits per heavy atom. The first-order chi connectivity index (χ1) is 13.6. The highest BCUT2D eigenvalue weighted by Crippen LogP contribution is 2.28. The Labute approximate surface area is 164 Å². The molecule has 1 N–H and O–H groups in total. The van der Waals surface area contributed by atoms with Crippen LogP contribution in [0, 0.1) is 5.92 Å². The lowest BCUT2D eigenvalue weighted by molar-refractivity contribution is -0.131. The fraction of sp³-hybridized carbons (Fsp3) is 0.364. The molecular formula is C22H24N2O4. The van der Waals surface area contributed by atoms with Gasteiger partial charge in [0.2, 0.25) is 0 Å². The zero-order valence-corrected chi connectivity index (χ0v) is 15.9. The van der Waals surface area contributed by atoms with Crippen molar-refractivity contribution in [2.75, 3.05) is 19.6 Å². The Morgan fingerprint density at radius 3 is 2.04 bits per heavy atom. The van der Waals surface area contributed by atoms with Gasteiger partial charge in [0.15, 0.2) is 0 Å². The third-order valence-corrected chi connectivity index (χ3v) is 5.41. The van der Waals surface area contributed by atoms with Crippen molar-refractivity contribution in [3.8, 4) is 17.2 Å². The molecule has 2 bridgehead atoms. The highest BCUT2D eigenvalue weighted by atomic mass is 16.5. The normalized spacial score (nSPS) is 23.1. The van der Waals surface area contributed by atoms with E-state index in [9.17, 15) is 9.59 Å². The molecule has 0 aromatic heterocycles. The summed E-state index contributed by atoms with van der Waals surface area (Å²) in [6.07, 6.45) is 2.35. The van der Waals surface area contributed by atoms with Crippen molar-refractivity contribution in [3.63, 3.8) is 0 Å². The molecule has 3 fully saturated rings. The molecule has 3 aliphatic heterocycles. The van der Waals surface area contributed by atoms with Gasteiger partial charge in [-0.25, -0.2) is 0 Å². The van der Waals surface area contributed by atoms with Gasteiger partial charge in [-0.15, -0.1) is 0 Å². The van der Waals surface area contributed by atoms with E-state index in [1.807, 2.05) is 0 Å². The van der Waals surface area contributed by atoms with Crippen LogP contribution in [-0.2, 0) is 4.79 Å². The van der Waals surface area contributed by atoms with Gasteiger partial charge in [0, 0.05) is 25.1 Å². The van der Waals surface area contributed by atoms with Crippen molar-refractivity contribution in [2.45, 2.75) is 25.8 Å². The van der Waals surface area contributed by atoms with Crippen molar-refractivity contribution in [2.24, 2.45) is 5.92 Å². The summed E-state index contributed by atoms with van der Waals surface area (Å²) in [5.41, 5.74) is 0.633. The summed E-state index contributed by atoms with van der Waals surface area (Å²) in [5.74, 6) is 1.95. The number of esters is 1. The molecule has 146 valence electrons. The van der Waals surface area contributed by atoms with Crippen LogP contribution in [0.25, 0.3) is 0 Å².